The molecule has 0 amide bonds. The summed E-state index contributed by atoms with van der Waals surface area (Å²) in [7, 11) is 0. The molecule has 0 unspecified atom stereocenters. The number of para-hydroxylation sites is 1. The molecule has 2 aromatic heterocycles. The molecular weight excluding hydrogens is 266 g/mol. The predicted octanol–water partition coefficient (Wildman–Crippen LogP) is 3.50. The lowest BCUT2D eigenvalue weighted by molar-refractivity contribution is 0.223. The summed E-state index contributed by atoms with van der Waals surface area (Å²) in [5, 5.41) is 5.05. The van der Waals surface area contributed by atoms with Crippen molar-refractivity contribution in [1.82, 2.24) is 10.1 Å². The van der Waals surface area contributed by atoms with E-state index in [9.17, 15) is 0 Å². The summed E-state index contributed by atoms with van der Waals surface area (Å²) in [5.74, 6) is 1.04. The molecule has 5 nitrogen and oxygen atoms in total. The smallest absolute Gasteiger partial charge is 0.234 e. The van der Waals surface area contributed by atoms with Crippen LogP contribution in [0.4, 0.5) is 0 Å². The van der Waals surface area contributed by atoms with Crippen LogP contribution in [0.25, 0.3) is 22.4 Å². The molecular formula is C16H19N3O2. The van der Waals surface area contributed by atoms with Gasteiger partial charge in [0.2, 0.25) is 11.7 Å². The molecule has 0 aliphatic carbocycles. The van der Waals surface area contributed by atoms with Gasteiger partial charge in [-0.2, -0.15) is 4.98 Å². The second kappa shape index (κ2) is 4.43. The minimum atomic E-state index is -0.477. The largest absolute Gasteiger partial charge is 0.464 e. The highest BCUT2D eigenvalue weighted by Gasteiger charge is 2.40. The van der Waals surface area contributed by atoms with E-state index in [1.54, 1.807) is 6.26 Å². The third kappa shape index (κ3) is 2.14. The summed E-state index contributed by atoms with van der Waals surface area (Å²) in [6, 6.07) is 7.77. The average Bonchev–Trinajstić information content (AvgIpc) is 3.03. The number of rotatable bonds is 3. The first kappa shape index (κ1) is 13.8. The van der Waals surface area contributed by atoms with Crippen LogP contribution in [-0.2, 0) is 5.41 Å². The fraction of sp³-hybridized carbons (Fsp3) is 0.375. The molecule has 1 aromatic carbocycles. The third-order valence-corrected chi connectivity index (χ3v) is 4.29. The molecule has 0 saturated carbocycles. The van der Waals surface area contributed by atoms with Gasteiger partial charge in [-0.05, 0) is 33.8 Å². The van der Waals surface area contributed by atoms with Crippen LogP contribution in [0.15, 0.2) is 39.5 Å². The Morgan fingerprint density at radius 3 is 2.52 bits per heavy atom. The SMILES string of the molecule is CC(C)(N)C(C)(C)c1nc(-c2coc3ccccc23)no1. The molecule has 3 rings (SSSR count). The van der Waals surface area contributed by atoms with E-state index in [0.717, 1.165) is 16.5 Å². The van der Waals surface area contributed by atoms with E-state index < -0.39 is 11.0 Å². The molecule has 0 aliphatic heterocycles. The van der Waals surface area contributed by atoms with Crippen LogP contribution in [0.2, 0.25) is 0 Å². The van der Waals surface area contributed by atoms with E-state index in [4.69, 9.17) is 14.7 Å². The molecule has 0 atom stereocenters. The number of nitrogens with zero attached hydrogens (tertiary/aromatic N) is 2. The van der Waals surface area contributed by atoms with Crippen LogP contribution in [0.5, 0.6) is 0 Å². The second-order valence-electron chi connectivity index (χ2n) is 6.42. The Morgan fingerprint density at radius 1 is 1.10 bits per heavy atom. The Morgan fingerprint density at radius 2 is 1.81 bits per heavy atom. The lowest BCUT2D eigenvalue weighted by Gasteiger charge is -2.34. The Labute approximate surface area is 123 Å². The molecule has 2 N–H and O–H groups in total. The topological polar surface area (TPSA) is 78.1 Å². The quantitative estimate of drug-likeness (QED) is 0.796. The highest BCUT2D eigenvalue weighted by atomic mass is 16.5. The molecule has 3 aromatic rings. The summed E-state index contributed by atoms with van der Waals surface area (Å²) in [6.07, 6.45) is 1.65. The first-order valence-electron chi connectivity index (χ1n) is 6.90. The van der Waals surface area contributed by atoms with Crippen molar-refractivity contribution in [1.29, 1.82) is 0 Å². The van der Waals surface area contributed by atoms with Crippen molar-refractivity contribution in [3.8, 4) is 11.4 Å². The fourth-order valence-electron chi connectivity index (χ4n) is 2.01. The molecule has 21 heavy (non-hydrogen) atoms. The first-order chi connectivity index (χ1) is 9.80. The van der Waals surface area contributed by atoms with Gasteiger partial charge in [-0.25, -0.2) is 0 Å². The number of hydrogen-bond donors (Lipinski definition) is 1. The highest BCUT2D eigenvalue weighted by molar-refractivity contribution is 5.91. The Bertz CT molecular complexity index is 778. The molecule has 5 heteroatoms. The monoisotopic (exact) mass is 285 g/mol. The fourth-order valence-corrected chi connectivity index (χ4v) is 2.01. The average molecular weight is 285 g/mol. The van der Waals surface area contributed by atoms with Gasteiger partial charge in [0, 0.05) is 10.9 Å². The predicted molar refractivity (Wildman–Crippen MR) is 80.8 cm³/mol. The van der Waals surface area contributed by atoms with Gasteiger partial charge >= 0.3 is 0 Å². The van der Waals surface area contributed by atoms with Crippen molar-refractivity contribution in [2.75, 3.05) is 0 Å². The molecule has 0 saturated heterocycles. The number of hydrogen-bond acceptors (Lipinski definition) is 5. The van der Waals surface area contributed by atoms with E-state index >= 15 is 0 Å². The van der Waals surface area contributed by atoms with Crippen LogP contribution in [0, 0.1) is 0 Å². The summed E-state index contributed by atoms with van der Waals surface area (Å²) >= 11 is 0. The van der Waals surface area contributed by atoms with E-state index in [1.807, 2.05) is 52.0 Å². The zero-order chi connectivity index (χ0) is 15.3. The van der Waals surface area contributed by atoms with Crippen molar-refractivity contribution in [2.45, 2.75) is 38.6 Å². The van der Waals surface area contributed by atoms with Crippen molar-refractivity contribution in [2.24, 2.45) is 5.73 Å². The maximum absolute atomic E-state index is 6.22. The van der Waals surface area contributed by atoms with Gasteiger partial charge in [-0.1, -0.05) is 23.4 Å². The van der Waals surface area contributed by atoms with Crippen molar-refractivity contribution >= 4 is 11.0 Å². The van der Waals surface area contributed by atoms with E-state index in [1.165, 1.54) is 0 Å². The van der Waals surface area contributed by atoms with Gasteiger partial charge in [-0.15, -0.1) is 0 Å². The van der Waals surface area contributed by atoms with Crippen LogP contribution in [0.3, 0.4) is 0 Å². The van der Waals surface area contributed by atoms with E-state index in [0.29, 0.717) is 11.7 Å². The van der Waals surface area contributed by atoms with Crippen LogP contribution >= 0.6 is 0 Å². The minimum absolute atomic E-state index is 0.433. The Balaban J connectivity index is 2.07. The van der Waals surface area contributed by atoms with Gasteiger partial charge < -0.3 is 14.7 Å². The van der Waals surface area contributed by atoms with Crippen molar-refractivity contribution in [3.05, 3.63) is 36.4 Å². The van der Waals surface area contributed by atoms with E-state index in [2.05, 4.69) is 10.1 Å². The number of aromatic nitrogens is 2. The highest BCUT2D eigenvalue weighted by Crippen LogP contribution is 2.34. The maximum Gasteiger partial charge on any atom is 0.234 e. The maximum atomic E-state index is 6.22. The zero-order valence-electron chi connectivity index (χ0n) is 12.7. The normalized spacial score (nSPS) is 13.0. The Kier molecular flexibility index (Phi) is 2.92. The molecule has 110 valence electrons. The van der Waals surface area contributed by atoms with Gasteiger partial charge in [0.15, 0.2) is 0 Å². The number of benzene rings is 1. The molecule has 0 bridgehead atoms. The van der Waals surface area contributed by atoms with E-state index in [-0.39, 0.29) is 0 Å². The van der Waals surface area contributed by atoms with Crippen molar-refractivity contribution in [3.63, 3.8) is 0 Å². The molecule has 2 heterocycles. The zero-order valence-corrected chi connectivity index (χ0v) is 12.7. The molecule has 0 aliphatic rings. The molecule has 0 spiro atoms. The molecule has 0 radical (unpaired) electrons. The lowest BCUT2D eigenvalue weighted by Crippen LogP contribution is -2.50. The second-order valence-corrected chi connectivity index (χ2v) is 6.42. The summed E-state index contributed by atoms with van der Waals surface area (Å²) in [6.45, 7) is 7.89. The van der Waals surface area contributed by atoms with Gasteiger partial charge in [0.1, 0.15) is 11.8 Å². The number of nitrogens with two attached hydrogens (primary N) is 1. The van der Waals surface area contributed by atoms with Gasteiger partial charge in [0.25, 0.3) is 0 Å². The van der Waals surface area contributed by atoms with Crippen molar-refractivity contribution < 1.29 is 8.94 Å². The first-order valence-corrected chi connectivity index (χ1v) is 6.90. The molecule has 0 fully saturated rings. The standard InChI is InChI=1S/C16H19N3O2/c1-15(2,16(3,4)17)14-18-13(19-21-14)11-9-20-12-8-6-5-7-10(11)12/h5-9H,17H2,1-4H3. The lowest BCUT2D eigenvalue weighted by atomic mass is 9.75. The van der Waals surface area contributed by atoms with Crippen LogP contribution in [0.1, 0.15) is 33.6 Å². The summed E-state index contributed by atoms with van der Waals surface area (Å²) in [4.78, 5) is 4.52. The summed E-state index contributed by atoms with van der Waals surface area (Å²) in [5.41, 5.74) is 6.94. The summed E-state index contributed by atoms with van der Waals surface area (Å²) < 4.78 is 11.0. The number of furan rings is 1. The van der Waals surface area contributed by atoms with Gasteiger partial charge in [0.05, 0.1) is 11.0 Å². The minimum Gasteiger partial charge on any atom is -0.464 e. The Hall–Kier alpha value is -2.14. The van der Waals surface area contributed by atoms with Gasteiger partial charge in [-0.3, -0.25) is 0 Å². The van der Waals surface area contributed by atoms with Crippen LogP contribution < -0.4 is 5.73 Å². The number of fused-ring (bicyclic) bond motifs is 1. The van der Waals surface area contributed by atoms with Crippen LogP contribution in [-0.4, -0.2) is 15.7 Å². The third-order valence-electron chi connectivity index (χ3n) is 4.29.